The van der Waals surface area contributed by atoms with Gasteiger partial charge in [-0.05, 0) is 18.8 Å². The summed E-state index contributed by atoms with van der Waals surface area (Å²) in [5.41, 5.74) is 5.62. The molecule has 1 atom stereocenters. The highest BCUT2D eigenvalue weighted by Crippen LogP contribution is 2.18. The molecule has 0 aromatic carbocycles. The Hall–Kier alpha value is -1.10. The number of nitrogens with one attached hydrogen (secondary N) is 2. The zero-order valence-electron chi connectivity index (χ0n) is 9.25. The largest absolute Gasteiger partial charge is 0.352 e. The first kappa shape index (κ1) is 12.0. The molecule has 2 amide bonds. The Morgan fingerprint density at radius 1 is 1.40 bits per heavy atom. The van der Waals surface area contributed by atoms with Gasteiger partial charge in [0, 0.05) is 6.04 Å². The van der Waals surface area contributed by atoms with Crippen molar-refractivity contribution in [2.45, 2.75) is 38.8 Å². The minimum atomic E-state index is -0.543. The molecule has 5 heteroatoms. The predicted octanol–water partition coefficient (Wildman–Crippen LogP) is -0.635. The summed E-state index contributed by atoms with van der Waals surface area (Å²) >= 11 is 0. The van der Waals surface area contributed by atoms with Gasteiger partial charge < -0.3 is 16.4 Å². The lowest BCUT2D eigenvalue weighted by Gasteiger charge is -2.14. The zero-order valence-corrected chi connectivity index (χ0v) is 9.25. The molecule has 1 unspecified atom stereocenters. The van der Waals surface area contributed by atoms with Crippen LogP contribution in [0.5, 0.6) is 0 Å². The van der Waals surface area contributed by atoms with Crippen LogP contribution in [0.25, 0.3) is 0 Å². The molecule has 0 bridgehead atoms. The van der Waals surface area contributed by atoms with E-state index in [0.717, 1.165) is 12.8 Å². The van der Waals surface area contributed by atoms with Crippen molar-refractivity contribution in [3.63, 3.8) is 0 Å². The Balaban J connectivity index is 2.17. The first-order valence-electron chi connectivity index (χ1n) is 5.33. The molecular weight excluding hydrogens is 194 g/mol. The van der Waals surface area contributed by atoms with E-state index in [-0.39, 0.29) is 24.3 Å². The predicted molar refractivity (Wildman–Crippen MR) is 57.0 cm³/mol. The van der Waals surface area contributed by atoms with Crippen molar-refractivity contribution in [2.24, 2.45) is 11.7 Å². The summed E-state index contributed by atoms with van der Waals surface area (Å²) < 4.78 is 0. The summed E-state index contributed by atoms with van der Waals surface area (Å²) in [6, 6.07) is -0.216. The van der Waals surface area contributed by atoms with E-state index in [9.17, 15) is 9.59 Å². The molecule has 5 nitrogen and oxygen atoms in total. The van der Waals surface area contributed by atoms with Crippen molar-refractivity contribution in [2.75, 3.05) is 6.54 Å². The van der Waals surface area contributed by atoms with E-state index in [1.165, 1.54) is 0 Å². The molecule has 1 aliphatic carbocycles. The summed E-state index contributed by atoms with van der Waals surface area (Å²) in [6.45, 7) is 3.76. The lowest BCUT2D eigenvalue weighted by molar-refractivity contribution is -0.127. The fraction of sp³-hybridized carbons (Fsp3) is 0.800. The number of rotatable bonds is 5. The zero-order chi connectivity index (χ0) is 11.4. The van der Waals surface area contributed by atoms with Gasteiger partial charge in [-0.1, -0.05) is 13.8 Å². The minimum absolute atomic E-state index is 0.0236. The molecule has 0 spiro atoms. The third kappa shape index (κ3) is 4.29. The normalized spacial score (nSPS) is 17.3. The Bertz CT molecular complexity index is 249. The van der Waals surface area contributed by atoms with Crippen LogP contribution in [-0.2, 0) is 9.59 Å². The standard InChI is InChI=1S/C10H19N3O2/c1-6(2)9(11)10(15)12-5-8(14)13-7-3-4-7/h6-7,9H,3-5,11H2,1-2H3,(H,12,15)(H,13,14). The van der Waals surface area contributed by atoms with Crippen LogP contribution < -0.4 is 16.4 Å². The Morgan fingerprint density at radius 2 is 2.00 bits per heavy atom. The van der Waals surface area contributed by atoms with Crippen molar-refractivity contribution in [3.8, 4) is 0 Å². The van der Waals surface area contributed by atoms with E-state index >= 15 is 0 Å². The molecule has 1 aliphatic rings. The van der Waals surface area contributed by atoms with Crippen LogP contribution in [-0.4, -0.2) is 30.4 Å². The van der Waals surface area contributed by atoms with E-state index < -0.39 is 6.04 Å². The van der Waals surface area contributed by atoms with E-state index in [2.05, 4.69) is 10.6 Å². The van der Waals surface area contributed by atoms with Gasteiger partial charge in [-0.3, -0.25) is 9.59 Å². The topological polar surface area (TPSA) is 84.2 Å². The molecule has 0 aliphatic heterocycles. The molecule has 15 heavy (non-hydrogen) atoms. The first-order chi connectivity index (χ1) is 7.00. The number of amides is 2. The second-order valence-electron chi connectivity index (χ2n) is 4.33. The summed E-state index contributed by atoms with van der Waals surface area (Å²) in [4.78, 5) is 22.6. The maximum atomic E-state index is 11.4. The van der Waals surface area contributed by atoms with E-state index in [1.54, 1.807) is 0 Å². The van der Waals surface area contributed by atoms with Crippen LogP contribution in [0.1, 0.15) is 26.7 Å². The van der Waals surface area contributed by atoms with Crippen LogP contribution >= 0.6 is 0 Å². The fourth-order valence-electron chi connectivity index (χ4n) is 1.09. The third-order valence-corrected chi connectivity index (χ3v) is 2.39. The average Bonchev–Trinajstić information content (AvgIpc) is 2.96. The van der Waals surface area contributed by atoms with Crippen LogP contribution in [0.4, 0.5) is 0 Å². The van der Waals surface area contributed by atoms with E-state index in [0.29, 0.717) is 6.04 Å². The molecule has 1 fully saturated rings. The number of hydrogen-bond donors (Lipinski definition) is 3. The highest BCUT2D eigenvalue weighted by atomic mass is 16.2. The highest BCUT2D eigenvalue weighted by Gasteiger charge is 2.23. The Labute approximate surface area is 89.8 Å². The third-order valence-electron chi connectivity index (χ3n) is 2.39. The molecule has 0 saturated heterocycles. The second-order valence-corrected chi connectivity index (χ2v) is 4.33. The molecule has 1 saturated carbocycles. The average molecular weight is 213 g/mol. The summed E-state index contributed by atoms with van der Waals surface area (Å²) in [7, 11) is 0. The molecule has 0 aromatic rings. The summed E-state index contributed by atoms with van der Waals surface area (Å²) in [5, 5.41) is 5.30. The molecular formula is C10H19N3O2. The maximum Gasteiger partial charge on any atom is 0.239 e. The lowest BCUT2D eigenvalue weighted by Crippen LogP contribution is -2.47. The van der Waals surface area contributed by atoms with Gasteiger partial charge in [-0.25, -0.2) is 0 Å². The quantitative estimate of drug-likeness (QED) is 0.568. The number of hydrogen-bond acceptors (Lipinski definition) is 3. The van der Waals surface area contributed by atoms with Crippen molar-refractivity contribution >= 4 is 11.8 Å². The molecule has 0 radical (unpaired) electrons. The van der Waals surface area contributed by atoms with Crippen LogP contribution in [0, 0.1) is 5.92 Å². The second kappa shape index (κ2) is 5.11. The fourth-order valence-corrected chi connectivity index (χ4v) is 1.09. The van der Waals surface area contributed by atoms with E-state index in [1.807, 2.05) is 13.8 Å². The summed E-state index contributed by atoms with van der Waals surface area (Å²) in [6.07, 6.45) is 2.09. The number of carbonyl (C=O) groups excluding carboxylic acids is 2. The maximum absolute atomic E-state index is 11.4. The smallest absolute Gasteiger partial charge is 0.239 e. The SMILES string of the molecule is CC(C)C(N)C(=O)NCC(=O)NC1CC1. The van der Waals surface area contributed by atoms with Crippen molar-refractivity contribution in [1.82, 2.24) is 10.6 Å². The van der Waals surface area contributed by atoms with E-state index in [4.69, 9.17) is 5.73 Å². The van der Waals surface area contributed by atoms with Gasteiger partial charge in [0.2, 0.25) is 11.8 Å². The monoisotopic (exact) mass is 213 g/mol. The molecule has 4 N–H and O–H groups in total. The van der Waals surface area contributed by atoms with Gasteiger partial charge in [-0.15, -0.1) is 0 Å². The number of nitrogens with two attached hydrogens (primary N) is 1. The van der Waals surface area contributed by atoms with Gasteiger partial charge in [0.1, 0.15) is 0 Å². The van der Waals surface area contributed by atoms with Gasteiger partial charge in [-0.2, -0.15) is 0 Å². The van der Waals surface area contributed by atoms with Gasteiger partial charge in [0.15, 0.2) is 0 Å². The van der Waals surface area contributed by atoms with Crippen LogP contribution in [0.3, 0.4) is 0 Å². The number of carbonyl (C=O) groups is 2. The molecule has 1 rings (SSSR count). The lowest BCUT2D eigenvalue weighted by atomic mass is 10.1. The summed E-state index contributed by atoms with van der Waals surface area (Å²) in [5.74, 6) is -0.325. The Kier molecular flexibility index (Phi) is 4.08. The van der Waals surface area contributed by atoms with Gasteiger partial charge in [0.05, 0.1) is 12.6 Å². The van der Waals surface area contributed by atoms with Crippen molar-refractivity contribution in [1.29, 1.82) is 0 Å². The molecule has 0 aromatic heterocycles. The highest BCUT2D eigenvalue weighted by molar-refractivity contribution is 5.87. The van der Waals surface area contributed by atoms with Crippen molar-refractivity contribution < 1.29 is 9.59 Å². The minimum Gasteiger partial charge on any atom is -0.352 e. The van der Waals surface area contributed by atoms with Gasteiger partial charge >= 0.3 is 0 Å². The van der Waals surface area contributed by atoms with Crippen LogP contribution in [0.15, 0.2) is 0 Å². The molecule has 86 valence electrons. The first-order valence-corrected chi connectivity index (χ1v) is 5.33. The van der Waals surface area contributed by atoms with Crippen LogP contribution in [0.2, 0.25) is 0 Å². The van der Waals surface area contributed by atoms with Crippen molar-refractivity contribution in [3.05, 3.63) is 0 Å². The molecule has 0 heterocycles. The van der Waals surface area contributed by atoms with Gasteiger partial charge in [0.25, 0.3) is 0 Å². The Morgan fingerprint density at radius 3 is 2.47 bits per heavy atom.